The monoisotopic (exact) mass is 576 g/mol. The molecule has 1 aromatic carbocycles. The van der Waals surface area contributed by atoms with Gasteiger partial charge in [-0.3, -0.25) is 25.1 Å². The second kappa shape index (κ2) is 12.1. The number of piperazine rings is 1. The number of ketones is 1. The number of ether oxygens (including phenoxy) is 2. The summed E-state index contributed by atoms with van der Waals surface area (Å²) in [5.74, 6) is 0.790. The van der Waals surface area contributed by atoms with Gasteiger partial charge in [0, 0.05) is 31.6 Å². The molecule has 6 unspecified atom stereocenters. The highest BCUT2D eigenvalue weighted by molar-refractivity contribution is 5.94. The number of nitrogens with zero attached hydrogens (tertiary/aromatic N) is 4. The zero-order chi connectivity index (χ0) is 29.4. The van der Waals surface area contributed by atoms with Crippen molar-refractivity contribution in [2.45, 2.75) is 88.1 Å². The summed E-state index contributed by atoms with van der Waals surface area (Å²) in [6.45, 7) is 9.08. The van der Waals surface area contributed by atoms with Crippen molar-refractivity contribution in [3.8, 4) is 11.8 Å². The van der Waals surface area contributed by atoms with Crippen LogP contribution in [0.1, 0.15) is 49.7 Å². The number of benzene rings is 1. The Morgan fingerprint density at radius 2 is 2.10 bits per heavy atom. The van der Waals surface area contributed by atoms with Gasteiger partial charge in [-0.15, -0.1) is 0 Å². The van der Waals surface area contributed by atoms with E-state index in [0.717, 1.165) is 38.0 Å². The van der Waals surface area contributed by atoms with Gasteiger partial charge >= 0.3 is 0 Å². The molecule has 1 saturated carbocycles. The Hall–Kier alpha value is -2.81. The Morgan fingerprint density at radius 3 is 2.86 bits per heavy atom. The Labute approximate surface area is 249 Å². The van der Waals surface area contributed by atoms with Gasteiger partial charge in [-0.05, 0) is 76.7 Å². The van der Waals surface area contributed by atoms with Crippen LogP contribution in [0.4, 0.5) is 0 Å². The van der Waals surface area contributed by atoms with Crippen LogP contribution in [0, 0.1) is 24.2 Å². The van der Waals surface area contributed by atoms with Crippen molar-refractivity contribution >= 4 is 11.7 Å². The van der Waals surface area contributed by atoms with Crippen molar-refractivity contribution in [1.29, 1.82) is 5.26 Å². The van der Waals surface area contributed by atoms with Crippen LogP contribution in [0.5, 0.6) is 5.75 Å². The van der Waals surface area contributed by atoms with Crippen LogP contribution in [0.25, 0.3) is 0 Å². The van der Waals surface area contributed by atoms with Crippen molar-refractivity contribution in [1.82, 2.24) is 25.3 Å². The van der Waals surface area contributed by atoms with E-state index >= 15 is 0 Å². The first kappa shape index (κ1) is 29.3. The third kappa shape index (κ3) is 5.49. The van der Waals surface area contributed by atoms with Crippen LogP contribution in [0.2, 0.25) is 0 Å². The van der Waals surface area contributed by atoms with Gasteiger partial charge in [-0.2, -0.15) is 5.26 Å². The standard InChI is InChI=1S/C32H44N6O4/c1-4-27(39)38-17-16-37(19-23(38)11-14-33)30-25-10-13-32(12-9-22-18-21(2)7-8-26(22)42-32)29(40)28(25)34-31(35-30)41-20-24-6-5-15-36(24)3/h4,7-8,18,23-25,28,30-31,34-35H,1,5-6,9-13,15-17,19-20H2,2-3H3/t23?,24?,25?,28?,30?,31?,32-/m1/s1. The number of carbonyl (C=O) groups is 2. The maximum absolute atomic E-state index is 14.4. The van der Waals surface area contributed by atoms with Crippen molar-refractivity contribution in [3.05, 3.63) is 42.0 Å². The van der Waals surface area contributed by atoms with Crippen molar-refractivity contribution < 1.29 is 19.1 Å². The number of rotatable bonds is 6. The van der Waals surface area contributed by atoms with Crippen molar-refractivity contribution in [3.63, 3.8) is 0 Å². The van der Waals surface area contributed by atoms with E-state index < -0.39 is 18.0 Å². The van der Waals surface area contributed by atoms with Gasteiger partial charge in [0.1, 0.15) is 5.75 Å². The molecule has 1 amide bonds. The third-order valence-electron chi connectivity index (χ3n) is 10.2. The van der Waals surface area contributed by atoms with Crippen LogP contribution in [0.3, 0.4) is 0 Å². The van der Waals surface area contributed by atoms with Crippen LogP contribution in [-0.4, -0.2) is 102 Å². The first-order chi connectivity index (χ1) is 20.3. The molecule has 0 bridgehead atoms. The fourth-order valence-electron chi connectivity index (χ4n) is 7.84. The topological polar surface area (TPSA) is 110 Å². The molecule has 1 aromatic rings. The van der Waals surface area contributed by atoms with Crippen LogP contribution >= 0.6 is 0 Å². The highest BCUT2D eigenvalue weighted by Crippen LogP contribution is 2.44. The molecular weight excluding hydrogens is 532 g/mol. The molecule has 42 heavy (non-hydrogen) atoms. The smallest absolute Gasteiger partial charge is 0.246 e. The fourth-order valence-corrected chi connectivity index (χ4v) is 7.84. The lowest BCUT2D eigenvalue weighted by Gasteiger charge is -2.54. The summed E-state index contributed by atoms with van der Waals surface area (Å²) >= 11 is 0. The molecule has 5 aliphatic rings. The average Bonchev–Trinajstić information content (AvgIpc) is 3.42. The van der Waals surface area contributed by atoms with Gasteiger partial charge in [-0.25, -0.2) is 0 Å². The van der Waals surface area contributed by atoms with Crippen molar-refractivity contribution in [2.24, 2.45) is 5.92 Å². The lowest BCUT2D eigenvalue weighted by molar-refractivity contribution is -0.160. The number of nitrogens with one attached hydrogen (secondary N) is 2. The van der Waals surface area contributed by atoms with E-state index in [1.54, 1.807) is 4.90 Å². The number of likely N-dealkylation sites (tertiary alicyclic amines) is 1. The van der Waals surface area contributed by atoms with Crippen LogP contribution < -0.4 is 15.4 Å². The maximum Gasteiger partial charge on any atom is 0.246 e. The number of carbonyl (C=O) groups excluding carboxylic acids is 2. The Kier molecular flexibility index (Phi) is 8.40. The van der Waals surface area contributed by atoms with Gasteiger partial charge in [-0.1, -0.05) is 24.3 Å². The molecule has 10 nitrogen and oxygen atoms in total. The second-order valence-corrected chi connectivity index (χ2v) is 12.8. The Balaban J connectivity index is 1.24. The van der Waals surface area contributed by atoms with E-state index in [-0.39, 0.29) is 36.2 Å². The number of Topliss-reactive ketones (excluding diaryl/α,β-unsaturated/α-hetero) is 1. The summed E-state index contributed by atoms with van der Waals surface area (Å²) in [4.78, 5) is 33.4. The summed E-state index contributed by atoms with van der Waals surface area (Å²) in [6, 6.07) is 8.17. The first-order valence-electron chi connectivity index (χ1n) is 15.5. The molecule has 4 aliphatic heterocycles. The van der Waals surface area contributed by atoms with E-state index in [2.05, 4.69) is 53.1 Å². The number of fused-ring (bicyclic) bond motifs is 2. The average molecular weight is 577 g/mol. The van der Waals surface area contributed by atoms with E-state index in [1.165, 1.54) is 17.2 Å². The molecular formula is C32H44N6O4. The molecule has 4 heterocycles. The first-order valence-corrected chi connectivity index (χ1v) is 15.5. The minimum absolute atomic E-state index is 0.00420. The van der Waals surface area contributed by atoms with E-state index in [9.17, 15) is 14.9 Å². The lowest BCUT2D eigenvalue weighted by atomic mass is 9.69. The molecule has 1 aliphatic carbocycles. The molecule has 10 heteroatoms. The van der Waals surface area contributed by atoms with Gasteiger partial charge in [0.15, 0.2) is 17.7 Å². The van der Waals surface area contributed by atoms with E-state index in [1.807, 2.05) is 12.1 Å². The normalized spacial score (nSPS) is 35.3. The number of hydrogen-bond acceptors (Lipinski definition) is 9. The number of hydrogen-bond donors (Lipinski definition) is 2. The highest BCUT2D eigenvalue weighted by Gasteiger charge is 2.56. The predicted octanol–water partition coefficient (Wildman–Crippen LogP) is 1.93. The molecule has 1 spiro atoms. The predicted molar refractivity (Wildman–Crippen MR) is 157 cm³/mol. The number of amides is 1. The third-order valence-corrected chi connectivity index (χ3v) is 10.2. The Bertz CT molecular complexity index is 1250. The van der Waals surface area contributed by atoms with Crippen molar-refractivity contribution in [2.75, 3.05) is 39.8 Å². The minimum atomic E-state index is -0.840. The fraction of sp³-hybridized carbons (Fsp3) is 0.656. The molecule has 4 fully saturated rings. The summed E-state index contributed by atoms with van der Waals surface area (Å²) in [5, 5.41) is 16.8. The maximum atomic E-state index is 14.4. The quantitative estimate of drug-likeness (QED) is 0.491. The van der Waals surface area contributed by atoms with Gasteiger partial charge in [0.25, 0.3) is 0 Å². The lowest BCUT2D eigenvalue weighted by Crippen LogP contribution is -2.76. The summed E-state index contributed by atoms with van der Waals surface area (Å²) in [7, 11) is 2.13. The number of aryl methyl sites for hydroxylation is 2. The zero-order valence-corrected chi connectivity index (χ0v) is 24.9. The van der Waals surface area contributed by atoms with E-state index in [4.69, 9.17) is 9.47 Å². The second-order valence-electron chi connectivity index (χ2n) is 12.8. The van der Waals surface area contributed by atoms with Gasteiger partial charge < -0.3 is 19.3 Å². The van der Waals surface area contributed by atoms with Crippen LogP contribution in [0.15, 0.2) is 30.9 Å². The van der Waals surface area contributed by atoms with Crippen LogP contribution in [-0.2, 0) is 20.7 Å². The molecule has 6 rings (SSSR count). The summed E-state index contributed by atoms with van der Waals surface area (Å²) in [5.41, 5.74) is 1.53. The largest absolute Gasteiger partial charge is 0.479 e. The molecule has 7 atom stereocenters. The highest BCUT2D eigenvalue weighted by atomic mass is 16.5. The minimum Gasteiger partial charge on any atom is -0.479 e. The summed E-state index contributed by atoms with van der Waals surface area (Å²) in [6.07, 6.45) is 6.18. The zero-order valence-electron chi connectivity index (χ0n) is 24.9. The molecule has 3 saturated heterocycles. The molecule has 0 radical (unpaired) electrons. The molecule has 2 N–H and O–H groups in total. The van der Waals surface area contributed by atoms with Gasteiger partial charge in [0.05, 0.1) is 37.3 Å². The van der Waals surface area contributed by atoms with E-state index in [0.29, 0.717) is 45.1 Å². The molecule has 0 aromatic heterocycles. The SMILES string of the molecule is C=CC(=O)N1CCN(C2NC(OCC3CCCN3C)NC3C(=O)[C@@]4(CCc5cc(C)ccc5O4)CCC32)CC1CC#N. The number of nitriles is 1. The summed E-state index contributed by atoms with van der Waals surface area (Å²) < 4.78 is 13.0. The Morgan fingerprint density at radius 1 is 1.24 bits per heavy atom. The van der Waals surface area contributed by atoms with Gasteiger partial charge in [0.2, 0.25) is 5.91 Å². The number of likely N-dealkylation sites (N-methyl/N-ethyl adjacent to an activating group) is 1. The molecule has 226 valence electrons.